The second-order valence-electron chi connectivity index (χ2n) is 3.80. The molecular weight excluding hydrogens is 229 g/mol. The van der Waals surface area contributed by atoms with Crippen LogP contribution in [0.25, 0.3) is 0 Å². The number of amidine groups is 1. The van der Waals surface area contributed by atoms with Crippen molar-refractivity contribution in [2.45, 2.75) is 6.54 Å². The normalized spacial score (nSPS) is 11.6. The van der Waals surface area contributed by atoms with Crippen LogP contribution in [0.15, 0.2) is 53.5 Å². The molecule has 0 aromatic heterocycles. The van der Waals surface area contributed by atoms with Gasteiger partial charge in [-0.15, -0.1) is 0 Å². The minimum Gasteiger partial charge on any atom is -0.383 e. The monoisotopic (exact) mass is 243 g/mol. The van der Waals surface area contributed by atoms with Gasteiger partial charge in [0.25, 0.3) is 0 Å². The molecule has 0 amide bonds. The molecule has 2 rings (SSSR count). The highest BCUT2D eigenvalue weighted by Gasteiger charge is 2.06. The first-order valence-corrected chi connectivity index (χ1v) is 5.59. The summed E-state index contributed by atoms with van der Waals surface area (Å²) in [6.45, 7) is 0.0908. The van der Waals surface area contributed by atoms with Gasteiger partial charge in [-0.1, -0.05) is 36.4 Å². The maximum atomic E-state index is 13.5. The molecule has 4 heteroatoms. The molecule has 0 unspecified atom stereocenters. The predicted octanol–water partition coefficient (Wildman–Crippen LogP) is 2.32. The molecule has 0 bridgehead atoms. The summed E-state index contributed by atoms with van der Waals surface area (Å²) in [5.41, 5.74) is 13.0. The van der Waals surface area contributed by atoms with Crippen LogP contribution in [0.4, 0.5) is 10.1 Å². The smallest absolute Gasteiger partial charge is 0.131 e. The van der Waals surface area contributed by atoms with Crippen LogP contribution in [0.2, 0.25) is 0 Å². The first-order valence-electron chi connectivity index (χ1n) is 5.59. The summed E-state index contributed by atoms with van der Waals surface area (Å²) < 4.78 is 13.5. The van der Waals surface area contributed by atoms with E-state index in [1.54, 1.807) is 12.1 Å². The number of aliphatic imine (C=N–C) groups is 1. The first kappa shape index (κ1) is 12.3. The van der Waals surface area contributed by atoms with Crippen LogP contribution in [0.5, 0.6) is 0 Å². The number of benzene rings is 2. The molecule has 0 aliphatic heterocycles. The quantitative estimate of drug-likeness (QED) is 0.642. The molecule has 0 heterocycles. The summed E-state index contributed by atoms with van der Waals surface area (Å²) in [6.07, 6.45) is 0. The molecule has 0 spiro atoms. The topological polar surface area (TPSA) is 64.4 Å². The lowest BCUT2D eigenvalue weighted by Crippen LogP contribution is -2.13. The van der Waals surface area contributed by atoms with Gasteiger partial charge in [0.05, 0.1) is 5.69 Å². The van der Waals surface area contributed by atoms with Crippen LogP contribution < -0.4 is 11.5 Å². The van der Waals surface area contributed by atoms with Crippen LogP contribution >= 0.6 is 0 Å². The Morgan fingerprint density at radius 1 is 1.06 bits per heavy atom. The molecule has 0 saturated heterocycles. The average molecular weight is 243 g/mol. The third-order valence-electron chi connectivity index (χ3n) is 2.61. The lowest BCUT2D eigenvalue weighted by atomic mass is 10.1. The Morgan fingerprint density at radius 2 is 1.78 bits per heavy atom. The zero-order valence-corrected chi connectivity index (χ0v) is 9.81. The number of halogens is 1. The Hall–Kier alpha value is -2.20. The Bertz CT molecular complexity index is 565. The standard InChI is InChI=1S/C14H14FN3/c15-12-7-4-8-13(11(12)9-16)18-14(17)10-5-2-1-3-6-10/h1-8H,9,16H2,(H2,17,18). The summed E-state index contributed by atoms with van der Waals surface area (Å²) in [5.74, 6) is -0.0180. The number of nitrogens with two attached hydrogens (primary N) is 2. The molecule has 3 nitrogen and oxygen atoms in total. The average Bonchev–Trinajstić information content (AvgIpc) is 2.40. The van der Waals surface area contributed by atoms with Crippen molar-refractivity contribution in [3.8, 4) is 0 Å². The van der Waals surface area contributed by atoms with E-state index < -0.39 is 0 Å². The fourth-order valence-electron chi connectivity index (χ4n) is 1.66. The molecule has 0 aliphatic carbocycles. The lowest BCUT2D eigenvalue weighted by molar-refractivity contribution is 0.611. The molecule has 2 aromatic carbocycles. The van der Waals surface area contributed by atoms with Gasteiger partial charge in [0, 0.05) is 17.7 Å². The van der Waals surface area contributed by atoms with Crippen molar-refractivity contribution in [2.24, 2.45) is 16.5 Å². The van der Waals surface area contributed by atoms with Crippen molar-refractivity contribution in [3.63, 3.8) is 0 Å². The molecule has 0 saturated carbocycles. The van der Waals surface area contributed by atoms with Crippen LogP contribution in [0.3, 0.4) is 0 Å². The molecule has 18 heavy (non-hydrogen) atoms. The lowest BCUT2D eigenvalue weighted by Gasteiger charge is -2.06. The van der Waals surface area contributed by atoms with Gasteiger partial charge in [-0.25, -0.2) is 9.38 Å². The van der Waals surface area contributed by atoms with E-state index >= 15 is 0 Å². The highest BCUT2D eigenvalue weighted by atomic mass is 19.1. The summed E-state index contributed by atoms with van der Waals surface area (Å²) in [6, 6.07) is 14.0. The fraction of sp³-hybridized carbons (Fsp3) is 0.0714. The van der Waals surface area contributed by atoms with Crippen LogP contribution in [0, 0.1) is 5.82 Å². The van der Waals surface area contributed by atoms with E-state index in [1.807, 2.05) is 30.3 Å². The van der Waals surface area contributed by atoms with Gasteiger partial charge in [0.2, 0.25) is 0 Å². The molecule has 0 aliphatic rings. The van der Waals surface area contributed by atoms with Gasteiger partial charge in [-0.05, 0) is 12.1 Å². The molecule has 0 atom stereocenters. The van der Waals surface area contributed by atoms with Gasteiger partial charge >= 0.3 is 0 Å². The Morgan fingerprint density at radius 3 is 2.44 bits per heavy atom. The van der Waals surface area contributed by atoms with Crippen molar-refractivity contribution in [1.29, 1.82) is 0 Å². The Labute approximate surface area is 105 Å². The fourth-order valence-corrected chi connectivity index (χ4v) is 1.66. The van der Waals surface area contributed by atoms with Gasteiger partial charge in [-0.3, -0.25) is 0 Å². The van der Waals surface area contributed by atoms with E-state index in [0.29, 0.717) is 17.1 Å². The molecule has 0 fully saturated rings. The van der Waals surface area contributed by atoms with Gasteiger partial charge in [0.15, 0.2) is 0 Å². The second kappa shape index (κ2) is 5.42. The molecule has 2 aromatic rings. The minimum absolute atomic E-state index is 0.0908. The van der Waals surface area contributed by atoms with E-state index in [4.69, 9.17) is 11.5 Å². The minimum atomic E-state index is -0.361. The summed E-state index contributed by atoms with van der Waals surface area (Å²) >= 11 is 0. The molecule has 92 valence electrons. The van der Waals surface area contributed by atoms with Crippen molar-refractivity contribution in [1.82, 2.24) is 0 Å². The maximum Gasteiger partial charge on any atom is 0.131 e. The third kappa shape index (κ3) is 2.55. The summed E-state index contributed by atoms with van der Waals surface area (Å²) in [4.78, 5) is 4.24. The number of hydrogen-bond donors (Lipinski definition) is 2. The molecular formula is C14H14FN3. The van der Waals surface area contributed by atoms with Crippen molar-refractivity contribution in [2.75, 3.05) is 0 Å². The molecule has 4 N–H and O–H groups in total. The SMILES string of the molecule is NCc1c(F)cccc1N=C(N)c1ccccc1. The zero-order valence-electron chi connectivity index (χ0n) is 9.81. The van der Waals surface area contributed by atoms with Gasteiger partial charge in [0.1, 0.15) is 11.7 Å². The number of nitrogens with zero attached hydrogens (tertiary/aromatic N) is 1. The van der Waals surface area contributed by atoms with Crippen LogP contribution in [-0.2, 0) is 6.54 Å². The highest BCUT2D eigenvalue weighted by Crippen LogP contribution is 2.21. The van der Waals surface area contributed by atoms with Crippen molar-refractivity contribution < 1.29 is 4.39 Å². The first-order chi connectivity index (χ1) is 8.72. The summed E-state index contributed by atoms with van der Waals surface area (Å²) in [7, 11) is 0. The van der Waals surface area contributed by atoms with Gasteiger partial charge < -0.3 is 11.5 Å². The highest BCUT2D eigenvalue weighted by molar-refractivity contribution is 5.99. The van der Waals surface area contributed by atoms with E-state index in [0.717, 1.165) is 5.56 Å². The number of rotatable bonds is 3. The van der Waals surface area contributed by atoms with E-state index in [-0.39, 0.29) is 12.4 Å². The molecule has 0 radical (unpaired) electrons. The van der Waals surface area contributed by atoms with Crippen LogP contribution in [0.1, 0.15) is 11.1 Å². The Balaban J connectivity index is 2.42. The largest absolute Gasteiger partial charge is 0.383 e. The van der Waals surface area contributed by atoms with Crippen LogP contribution in [-0.4, -0.2) is 5.84 Å². The van der Waals surface area contributed by atoms with Crippen molar-refractivity contribution in [3.05, 3.63) is 65.5 Å². The predicted molar refractivity (Wildman–Crippen MR) is 71.1 cm³/mol. The summed E-state index contributed by atoms with van der Waals surface area (Å²) in [5, 5.41) is 0. The van der Waals surface area contributed by atoms with Crippen molar-refractivity contribution >= 4 is 11.5 Å². The van der Waals surface area contributed by atoms with Gasteiger partial charge in [-0.2, -0.15) is 0 Å². The van der Waals surface area contributed by atoms with E-state index in [1.165, 1.54) is 6.07 Å². The number of hydrogen-bond acceptors (Lipinski definition) is 2. The zero-order chi connectivity index (χ0) is 13.0. The van der Waals surface area contributed by atoms with E-state index in [2.05, 4.69) is 4.99 Å². The third-order valence-corrected chi connectivity index (χ3v) is 2.61. The maximum absolute atomic E-state index is 13.5. The Kier molecular flexibility index (Phi) is 3.69. The van der Waals surface area contributed by atoms with E-state index in [9.17, 15) is 4.39 Å². The second-order valence-corrected chi connectivity index (χ2v) is 3.80.